The van der Waals surface area contributed by atoms with Gasteiger partial charge in [0.25, 0.3) is 0 Å². The predicted octanol–water partition coefficient (Wildman–Crippen LogP) is 6.47. The van der Waals surface area contributed by atoms with Crippen LogP contribution in [0, 0.1) is 0 Å². The minimum atomic E-state index is 0.165. The highest BCUT2D eigenvalue weighted by atomic mass is 32.2. The monoisotopic (exact) mass is 454 g/mol. The number of hydrogen-bond donors (Lipinski definition) is 2. The SMILES string of the molecule is CCCCCCCCCOc1ccc2c(c1)N(CCCCN=C(N)N)c1ccccc1S2. The molecule has 0 radical (unpaired) electrons. The molecule has 1 heterocycles. The number of rotatable bonds is 14. The van der Waals surface area contributed by atoms with Crippen LogP contribution >= 0.6 is 11.8 Å². The molecular weight excluding hydrogens is 416 g/mol. The summed E-state index contributed by atoms with van der Waals surface area (Å²) in [5.74, 6) is 1.12. The Bertz CT molecular complexity index is 867. The minimum Gasteiger partial charge on any atom is -0.494 e. The minimum absolute atomic E-state index is 0.165. The largest absolute Gasteiger partial charge is 0.494 e. The molecule has 0 amide bonds. The number of unbranched alkanes of at least 4 members (excludes halogenated alkanes) is 7. The van der Waals surface area contributed by atoms with Crippen molar-refractivity contribution in [3.8, 4) is 5.75 Å². The van der Waals surface area contributed by atoms with Gasteiger partial charge in [-0.05, 0) is 43.5 Å². The smallest absolute Gasteiger partial charge is 0.185 e. The van der Waals surface area contributed by atoms with Gasteiger partial charge in [-0.2, -0.15) is 0 Å². The first-order chi connectivity index (χ1) is 15.7. The zero-order valence-electron chi connectivity index (χ0n) is 19.4. The van der Waals surface area contributed by atoms with E-state index in [9.17, 15) is 0 Å². The first-order valence-electron chi connectivity index (χ1n) is 12.1. The van der Waals surface area contributed by atoms with E-state index < -0.39 is 0 Å². The number of para-hydroxylation sites is 1. The summed E-state index contributed by atoms with van der Waals surface area (Å²) in [6, 6.07) is 15.1. The van der Waals surface area contributed by atoms with Gasteiger partial charge in [-0.25, -0.2) is 0 Å². The Morgan fingerprint density at radius 2 is 1.62 bits per heavy atom. The van der Waals surface area contributed by atoms with Crippen LogP contribution < -0.4 is 21.1 Å². The molecule has 0 fully saturated rings. The van der Waals surface area contributed by atoms with Crippen LogP contribution in [0.4, 0.5) is 11.4 Å². The first-order valence-corrected chi connectivity index (χ1v) is 12.9. The van der Waals surface area contributed by atoms with Crippen molar-refractivity contribution in [3.63, 3.8) is 0 Å². The molecule has 1 aliphatic heterocycles. The quantitative estimate of drug-likeness (QED) is 0.194. The summed E-state index contributed by atoms with van der Waals surface area (Å²) in [7, 11) is 0. The van der Waals surface area contributed by atoms with Crippen molar-refractivity contribution in [2.24, 2.45) is 16.5 Å². The number of guanidine groups is 1. The van der Waals surface area contributed by atoms with Crippen molar-refractivity contribution >= 4 is 29.1 Å². The number of aliphatic imine (C=N–C) groups is 1. The molecule has 0 saturated carbocycles. The Labute approximate surface area is 197 Å². The number of ether oxygens (including phenoxy) is 1. The molecule has 0 bridgehead atoms. The molecule has 0 aliphatic carbocycles. The lowest BCUT2D eigenvalue weighted by molar-refractivity contribution is 0.304. The molecule has 0 unspecified atom stereocenters. The third-order valence-corrected chi connectivity index (χ3v) is 6.83. The van der Waals surface area contributed by atoms with Crippen LogP contribution in [0.25, 0.3) is 0 Å². The number of anilines is 2. The fraction of sp³-hybridized carbons (Fsp3) is 0.500. The Balaban J connectivity index is 1.58. The molecule has 0 saturated heterocycles. The van der Waals surface area contributed by atoms with E-state index in [-0.39, 0.29) is 5.96 Å². The van der Waals surface area contributed by atoms with Gasteiger partial charge in [0.05, 0.1) is 18.0 Å². The van der Waals surface area contributed by atoms with Gasteiger partial charge in [0, 0.05) is 28.9 Å². The second-order valence-corrected chi connectivity index (χ2v) is 9.42. The van der Waals surface area contributed by atoms with Gasteiger partial charge < -0.3 is 21.1 Å². The summed E-state index contributed by atoms with van der Waals surface area (Å²) >= 11 is 1.83. The van der Waals surface area contributed by atoms with Crippen molar-refractivity contribution < 1.29 is 4.74 Å². The first kappa shape index (κ1) is 24.3. The van der Waals surface area contributed by atoms with E-state index in [4.69, 9.17) is 16.2 Å². The Morgan fingerprint density at radius 3 is 2.44 bits per heavy atom. The summed E-state index contributed by atoms with van der Waals surface area (Å²) in [6.07, 6.45) is 11.0. The van der Waals surface area contributed by atoms with Crippen LogP contribution in [0.5, 0.6) is 5.75 Å². The average Bonchev–Trinajstić information content (AvgIpc) is 2.80. The third kappa shape index (κ3) is 7.37. The third-order valence-electron chi connectivity index (χ3n) is 5.70. The van der Waals surface area contributed by atoms with Gasteiger partial charge in [0.1, 0.15) is 5.75 Å². The maximum absolute atomic E-state index is 6.12. The molecule has 3 rings (SSSR count). The fourth-order valence-corrected chi connectivity index (χ4v) is 5.05. The van der Waals surface area contributed by atoms with Gasteiger partial charge >= 0.3 is 0 Å². The number of nitrogens with two attached hydrogens (primary N) is 2. The van der Waals surface area contributed by atoms with Crippen LogP contribution in [0.15, 0.2) is 57.2 Å². The molecule has 4 N–H and O–H groups in total. The van der Waals surface area contributed by atoms with Gasteiger partial charge in [-0.1, -0.05) is 69.3 Å². The van der Waals surface area contributed by atoms with E-state index in [1.807, 2.05) is 11.8 Å². The summed E-state index contributed by atoms with van der Waals surface area (Å²) < 4.78 is 6.12. The van der Waals surface area contributed by atoms with Crippen LogP contribution in [0.3, 0.4) is 0 Å². The molecule has 1 aliphatic rings. The van der Waals surface area contributed by atoms with Gasteiger partial charge in [0.2, 0.25) is 0 Å². The highest BCUT2D eigenvalue weighted by Gasteiger charge is 2.23. The molecule has 2 aromatic carbocycles. The predicted molar refractivity (Wildman–Crippen MR) is 137 cm³/mol. The van der Waals surface area contributed by atoms with Crippen molar-refractivity contribution in [3.05, 3.63) is 42.5 Å². The molecule has 2 aromatic rings. The number of hydrogen-bond acceptors (Lipinski definition) is 4. The summed E-state index contributed by atoms with van der Waals surface area (Å²) in [4.78, 5) is 9.09. The van der Waals surface area contributed by atoms with Crippen LogP contribution in [0.1, 0.15) is 64.7 Å². The molecule has 5 nitrogen and oxygen atoms in total. The highest BCUT2D eigenvalue weighted by Crippen LogP contribution is 2.49. The van der Waals surface area contributed by atoms with Crippen molar-refractivity contribution in [2.75, 3.05) is 24.6 Å². The molecule has 0 spiro atoms. The van der Waals surface area contributed by atoms with E-state index in [0.717, 1.165) is 38.2 Å². The zero-order valence-corrected chi connectivity index (χ0v) is 20.2. The van der Waals surface area contributed by atoms with Crippen LogP contribution in [0.2, 0.25) is 0 Å². The lowest BCUT2D eigenvalue weighted by Crippen LogP contribution is -2.24. The second kappa shape index (κ2) is 13.3. The number of fused-ring (bicyclic) bond motifs is 2. The molecule has 32 heavy (non-hydrogen) atoms. The summed E-state index contributed by atoms with van der Waals surface area (Å²) in [6.45, 7) is 4.64. The Kier molecular flexibility index (Phi) is 10.1. The number of nitrogens with zero attached hydrogens (tertiary/aromatic N) is 2. The topological polar surface area (TPSA) is 76.9 Å². The van der Waals surface area contributed by atoms with E-state index >= 15 is 0 Å². The average molecular weight is 455 g/mol. The van der Waals surface area contributed by atoms with Crippen LogP contribution in [-0.2, 0) is 0 Å². The van der Waals surface area contributed by atoms with E-state index in [1.165, 1.54) is 59.7 Å². The van der Waals surface area contributed by atoms with E-state index in [1.54, 1.807) is 0 Å². The maximum atomic E-state index is 6.12. The lowest BCUT2D eigenvalue weighted by Gasteiger charge is -2.33. The molecule has 0 atom stereocenters. The van der Waals surface area contributed by atoms with Crippen molar-refractivity contribution in [1.29, 1.82) is 0 Å². The van der Waals surface area contributed by atoms with Gasteiger partial charge in [-0.15, -0.1) is 0 Å². The van der Waals surface area contributed by atoms with Gasteiger partial charge in [-0.3, -0.25) is 4.99 Å². The second-order valence-electron chi connectivity index (χ2n) is 8.33. The lowest BCUT2D eigenvalue weighted by atomic mass is 10.1. The molecule has 0 aromatic heterocycles. The van der Waals surface area contributed by atoms with Gasteiger partial charge in [0.15, 0.2) is 5.96 Å². The van der Waals surface area contributed by atoms with E-state index in [2.05, 4.69) is 59.3 Å². The number of benzene rings is 2. The fourth-order valence-electron chi connectivity index (χ4n) is 3.98. The molecular formula is C26H38N4OS. The summed E-state index contributed by atoms with van der Waals surface area (Å²) in [5, 5.41) is 0. The maximum Gasteiger partial charge on any atom is 0.185 e. The summed E-state index contributed by atoms with van der Waals surface area (Å²) in [5.41, 5.74) is 13.4. The zero-order chi connectivity index (χ0) is 22.6. The molecule has 174 valence electrons. The Hall–Kier alpha value is -2.34. The molecule has 6 heteroatoms. The standard InChI is InChI=1S/C26H38N4OS/c1-2-3-4-5-6-7-12-19-31-21-15-16-25-23(20-21)30(18-11-10-17-29-26(27)28)22-13-8-9-14-24(22)32-25/h8-9,13-16,20H,2-7,10-12,17-19H2,1H3,(H4,27,28,29). The van der Waals surface area contributed by atoms with Crippen molar-refractivity contribution in [2.45, 2.75) is 74.5 Å². The normalized spacial score (nSPS) is 12.2. The van der Waals surface area contributed by atoms with Crippen LogP contribution in [-0.4, -0.2) is 25.7 Å². The highest BCUT2D eigenvalue weighted by molar-refractivity contribution is 7.99. The van der Waals surface area contributed by atoms with E-state index in [0.29, 0.717) is 6.54 Å². The Morgan fingerprint density at radius 1 is 0.875 bits per heavy atom. The van der Waals surface area contributed by atoms with Crippen molar-refractivity contribution in [1.82, 2.24) is 0 Å².